The van der Waals surface area contributed by atoms with E-state index in [0.717, 1.165) is 25.7 Å². The molecule has 3 rings (SSSR count). The Morgan fingerprint density at radius 3 is 3.06 bits per heavy atom. The van der Waals surface area contributed by atoms with Gasteiger partial charge in [0.15, 0.2) is 0 Å². The minimum absolute atomic E-state index is 0.864. The number of aromatic nitrogens is 1. The average molecular weight is 243 g/mol. The third-order valence-electron chi connectivity index (χ3n) is 3.76. The lowest BCUT2D eigenvalue weighted by Gasteiger charge is -2.15. The largest absolute Gasteiger partial charge is 0.361 e. The highest BCUT2D eigenvalue weighted by Gasteiger charge is 2.25. The van der Waals surface area contributed by atoms with E-state index >= 15 is 0 Å². The summed E-state index contributed by atoms with van der Waals surface area (Å²) in [5.41, 5.74) is 2.57. The highest BCUT2D eigenvalue weighted by atomic mass is 15.2. The van der Waals surface area contributed by atoms with Gasteiger partial charge in [0.1, 0.15) is 0 Å². The van der Waals surface area contributed by atoms with Crippen LogP contribution in [0, 0.1) is 0 Å². The third-order valence-corrected chi connectivity index (χ3v) is 3.76. The molecular weight excluding hydrogens is 222 g/mol. The van der Waals surface area contributed by atoms with Gasteiger partial charge in [-0.3, -0.25) is 0 Å². The van der Waals surface area contributed by atoms with E-state index in [1.165, 1.54) is 29.3 Å². The molecule has 2 aromatic rings. The van der Waals surface area contributed by atoms with Crippen molar-refractivity contribution in [2.75, 3.05) is 20.1 Å². The Bertz CT molecular complexity index is 513. The first-order valence-electron chi connectivity index (χ1n) is 6.80. The second kappa shape index (κ2) is 5.12. The molecule has 0 spiro atoms. The van der Waals surface area contributed by atoms with Gasteiger partial charge in [0.25, 0.3) is 0 Å². The monoisotopic (exact) mass is 243 g/mol. The van der Waals surface area contributed by atoms with Crippen LogP contribution in [0.2, 0.25) is 0 Å². The van der Waals surface area contributed by atoms with Gasteiger partial charge in [0, 0.05) is 37.4 Å². The number of nitrogens with one attached hydrogen (secondary N) is 2. The predicted octanol–water partition coefficient (Wildman–Crippen LogP) is 2.35. The van der Waals surface area contributed by atoms with Gasteiger partial charge in [-0.1, -0.05) is 6.07 Å². The maximum absolute atomic E-state index is 3.52. The molecule has 0 amide bonds. The topological polar surface area (TPSA) is 31.1 Å². The maximum atomic E-state index is 3.52. The van der Waals surface area contributed by atoms with Crippen molar-refractivity contribution in [2.45, 2.75) is 25.4 Å². The average Bonchev–Trinajstić information content (AvgIpc) is 3.13. The summed E-state index contributed by atoms with van der Waals surface area (Å²) in [4.78, 5) is 5.68. The van der Waals surface area contributed by atoms with Gasteiger partial charge in [0.05, 0.1) is 0 Å². The molecule has 0 atom stereocenters. The van der Waals surface area contributed by atoms with Crippen LogP contribution in [-0.2, 0) is 6.54 Å². The van der Waals surface area contributed by atoms with Crippen LogP contribution in [0.15, 0.2) is 30.5 Å². The summed E-state index contributed by atoms with van der Waals surface area (Å²) in [6, 6.07) is 9.59. The van der Waals surface area contributed by atoms with Crippen molar-refractivity contribution in [1.29, 1.82) is 0 Å². The normalized spacial score (nSPS) is 15.7. The number of benzene rings is 1. The smallest absolute Gasteiger partial charge is 0.0454 e. The van der Waals surface area contributed by atoms with Crippen LogP contribution in [-0.4, -0.2) is 36.1 Å². The van der Waals surface area contributed by atoms with Crippen LogP contribution in [0.5, 0.6) is 0 Å². The predicted molar refractivity (Wildman–Crippen MR) is 75.7 cm³/mol. The van der Waals surface area contributed by atoms with Crippen LogP contribution < -0.4 is 5.32 Å². The summed E-state index contributed by atoms with van der Waals surface area (Å²) in [5.74, 6) is 0. The molecule has 3 heteroatoms. The Hall–Kier alpha value is -1.32. The summed E-state index contributed by atoms with van der Waals surface area (Å²) in [6.45, 7) is 3.18. The van der Waals surface area contributed by atoms with Crippen LogP contribution in [0.25, 0.3) is 10.9 Å². The van der Waals surface area contributed by atoms with Gasteiger partial charge in [-0.15, -0.1) is 0 Å². The summed E-state index contributed by atoms with van der Waals surface area (Å²) in [7, 11) is 2.23. The van der Waals surface area contributed by atoms with Crippen LogP contribution in [0.3, 0.4) is 0 Å². The molecule has 3 nitrogen and oxygen atoms in total. The molecule has 1 aliphatic carbocycles. The molecular formula is C15H21N3. The van der Waals surface area contributed by atoms with E-state index in [1.54, 1.807) is 0 Å². The minimum Gasteiger partial charge on any atom is -0.361 e. The lowest BCUT2D eigenvalue weighted by Crippen LogP contribution is -2.30. The third kappa shape index (κ3) is 2.74. The first-order chi connectivity index (χ1) is 8.83. The quantitative estimate of drug-likeness (QED) is 0.763. The van der Waals surface area contributed by atoms with Crippen molar-refractivity contribution in [3.8, 4) is 0 Å². The van der Waals surface area contributed by atoms with Crippen molar-refractivity contribution < 1.29 is 0 Å². The van der Waals surface area contributed by atoms with Gasteiger partial charge in [0.2, 0.25) is 0 Å². The van der Waals surface area contributed by atoms with E-state index in [2.05, 4.69) is 46.5 Å². The number of fused-ring (bicyclic) bond motifs is 1. The first kappa shape index (κ1) is 11.8. The Kier molecular flexibility index (Phi) is 3.35. The molecule has 1 aromatic carbocycles. The highest BCUT2D eigenvalue weighted by Crippen LogP contribution is 2.24. The number of hydrogen-bond donors (Lipinski definition) is 2. The second-order valence-electron chi connectivity index (χ2n) is 5.29. The fraction of sp³-hybridized carbons (Fsp3) is 0.467. The molecule has 2 N–H and O–H groups in total. The van der Waals surface area contributed by atoms with Gasteiger partial charge < -0.3 is 15.2 Å². The SMILES string of the molecule is CN(CCNCc1ccc2[nH]ccc2c1)C1CC1. The standard InChI is InChI=1S/C15H21N3/c1-18(14-3-4-14)9-8-16-11-12-2-5-15-13(10-12)6-7-17-15/h2,5-7,10,14,16-17H,3-4,8-9,11H2,1H3. The zero-order valence-corrected chi connectivity index (χ0v) is 10.9. The number of hydrogen-bond acceptors (Lipinski definition) is 2. The maximum Gasteiger partial charge on any atom is 0.0454 e. The minimum atomic E-state index is 0.864. The summed E-state index contributed by atoms with van der Waals surface area (Å²) < 4.78 is 0. The van der Waals surface area contributed by atoms with E-state index in [-0.39, 0.29) is 0 Å². The lowest BCUT2D eigenvalue weighted by atomic mass is 10.1. The molecule has 0 bridgehead atoms. The number of likely N-dealkylation sites (N-methyl/N-ethyl adjacent to an activating group) is 1. The molecule has 1 heterocycles. The first-order valence-corrected chi connectivity index (χ1v) is 6.80. The molecule has 0 radical (unpaired) electrons. The Labute approximate surface area is 108 Å². The second-order valence-corrected chi connectivity index (χ2v) is 5.29. The highest BCUT2D eigenvalue weighted by molar-refractivity contribution is 5.79. The van der Waals surface area contributed by atoms with Crippen LogP contribution in [0.1, 0.15) is 18.4 Å². The Morgan fingerprint density at radius 1 is 1.33 bits per heavy atom. The van der Waals surface area contributed by atoms with Gasteiger partial charge >= 0.3 is 0 Å². The molecule has 0 aliphatic heterocycles. The van der Waals surface area contributed by atoms with E-state index in [4.69, 9.17) is 0 Å². The fourth-order valence-corrected chi connectivity index (χ4v) is 2.40. The van der Waals surface area contributed by atoms with E-state index in [9.17, 15) is 0 Å². The van der Waals surface area contributed by atoms with Gasteiger partial charge in [-0.05, 0) is 49.0 Å². The van der Waals surface area contributed by atoms with Gasteiger partial charge in [-0.25, -0.2) is 0 Å². The summed E-state index contributed by atoms with van der Waals surface area (Å²) >= 11 is 0. The number of nitrogens with zero attached hydrogens (tertiary/aromatic N) is 1. The van der Waals surface area contributed by atoms with Crippen LogP contribution >= 0.6 is 0 Å². The molecule has 18 heavy (non-hydrogen) atoms. The summed E-state index contributed by atoms with van der Waals surface area (Å²) in [5, 5.41) is 4.82. The Morgan fingerprint density at radius 2 is 2.22 bits per heavy atom. The summed E-state index contributed by atoms with van der Waals surface area (Å²) in [6.07, 6.45) is 4.77. The molecule has 1 saturated carbocycles. The van der Waals surface area contributed by atoms with E-state index in [1.807, 2.05) is 6.20 Å². The van der Waals surface area contributed by atoms with E-state index < -0.39 is 0 Å². The molecule has 0 unspecified atom stereocenters. The van der Waals surface area contributed by atoms with E-state index in [0.29, 0.717) is 0 Å². The fourth-order valence-electron chi connectivity index (χ4n) is 2.40. The molecule has 1 fully saturated rings. The number of rotatable bonds is 6. The zero-order valence-electron chi connectivity index (χ0n) is 10.9. The van der Waals surface area contributed by atoms with Crippen molar-refractivity contribution in [3.63, 3.8) is 0 Å². The van der Waals surface area contributed by atoms with Gasteiger partial charge in [-0.2, -0.15) is 0 Å². The zero-order chi connectivity index (χ0) is 12.4. The molecule has 1 aliphatic rings. The van der Waals surface area contributed by atoms with Crippen molar-refractivity contribution >= 4 is 10.9 Å². The lowest BCUT2D eigenvalue weighted by molar-refractivity contribution is 0.321. The molecule has 1 aromatic heterocycles. The van der Waals surface area contributed by atoms with Crippen LogP contribution in [0.4, 0.5) is 0 Å². The Balaban J connectivity index is 1.46. The molecule has 96 valence electrons. The number of aromatic amines is 1. The molecule has 0 saturated heterocycles. The number of H-pyrrole nitrogens is 1. The van der Waals surface area contributed by atoms with Crippen molar-refractivity contribution in [2.24, 2.45) is 0 Å². The van der Waals surface area contributed by atoms with Crippen molar-refractivity contribution in [1.82, 2.24) is 15.2 Å². The van der Waals surface area contributed by atoms with Crippen molar-refractivity contribution in [3.05, 3.63) is 36.0 Å².